The van der Waals surface area contributed by atoms with Gasteiger partial charge in [0.15, 0.2) is 0 Å². The molecule has 2 aliphatic heterocycles. The third-order valence-corrected chi connectivity index (χ3v) is 4.73. The van der Waals surface area contributed by atoms with Gasteiger partial charge in [-0.3, -0.25) is 4.90 Å². The van der Waals surface area contributed by atoms with E-state index in [4.69, 9.17) is 5.73 Å². The molecule has 0 aromatic carbocycles. The maximum atomic E-state index is 6.10. The van der Waals surface area contributed by atoms with Crippen molar-refractivity contribution >= 4 is 0 Å². The predicted molar refractivity (Wildman–Crippen MR) is 73.1 cm³/mol. The molecule has 0 aromatic heterocycles. The molecule has 3 nitrogen and oxygen atoms in total. The lowest BCUT2D eigenvalue weighted by atomic mass is 9.98. The Kier molecular flexibility index (Phi) is 4.45. The van der Waals surface area contributed by atoms with Crippen LogP contribution in [0.25, 0.3) is 0 Å². The van der Waals surface area contributed by atoms with E-state index in [1.807, 2.05) is 0 Å². The van der Waals surface area contributed by atoms with E-state index in [1.165, 1.54) is 45.2 Å². The Bertz CT molecular complexity index is 228. The Morgan fingerprint density at radius 2 is 1.82 bits per heavy atom. The number of hydrogen-bond acceptors (Lipinski definition) is 3. The maximum absolute atomic E-state index is 6.10. The number of fused-ring (bicyclic) bond motifs is 2. The number of nitrogens with zero attached hydrogens (tertiary/aromatic N) is 2. The SMILES string of the molecule is CC(C)N(C)CCCN1C2CCC1CC(N)C2. The van der Waals surface area contributed by atoms with Gasteiger partial charge in [0.1, 0.15) is 0 Å². The van der Waals surface area contributed by atoms with Gasteiger partial charge in [-0.25, -0.2) is 0 Å². The molecule has 0 aliphatic carbocycles. The van der Waals surface area contributed by atoms with Gasteiger partial charge < -0.3 is 10.6 Å². The van der Waals surface area contributed by atoms with Crippen molar-refractivity contribution in [3.63, 3.8) is 0 Å². The van der Waals surface area contributed by atoms with E-state index in [2.05, 4.69) is 30.7 Å². The number of nitrogens with two attached hydrogens (primary N) is 1. The fraction of sp³-hybridized carbons (Fsp3) is 1.00. The zero-order chi connectivity index (χ0) is 12.4. The smallest absolute Gasteiger partial charge is 0.0113 e. The molecule has 17 heavy (non-hydrogen) atoms. The first kappa shape index (κ1) is 13.3. The first-order valence-corrected chi connectivity index (χ1v) is 7.29. The Balaban J connectivity index is 1.73. The molecule has 2 fully saturated rings. The summed E-state index contributed by atoms with van der Waals surface area (Å²) in [6, 6.07) is 2.74. The van der Waals surface area contributed by atoms with Gasteiger partial charge in [-0.2, -0.15) is 0 Å². The molecule has 2 aliphatic rings. The lowest BCUT2D eigenvalue weighted by molar-refractivity contribution is 0.119. The van der Waals surface area contributed by atoms with Crippen molar-refractivity contribution in [3.8, 4) is 0 Å². The molecule has 0 amide bonds. The van der Waals surface area contributed by atoms with E-state index in [-0.39, 0.29) is 0 Å². The van der Waals surface area contributed by atoms with Crippen LogP contribution < -0.4 is 5.73 Å². The van der Waals surface area contributed by atoms with E-state index in [9.17, 15) is 0 Å². The average Bonchev–Trinajstić information content (AvgIpc) is 2.51. The summed E-state index contributed by atoms with van der Waals surface area (Å²) in [6.45, 7) is 7.03. The Morgan fingerprint density at radius 3 is 2.35 bits per heavy atom. The second kappa shape index (κ2) is 5.68. The van der Waals surface area contributed by atoms with Gasteiger partial charge in [-0.15, -0.1) is 0 Å². The molecule has 2 heterocycles. The summed E-state index contributed by atoms with van der Waals surface area (Å²) < 4.78 is 0. The number of piperidine rings is 1. The highest BCUT2D eigenvalue weighted by atomic mass is 15.2. The van der Waals surface area contributed by atoms with Crippen LogP contribution in [0.15, 0.2) is 0 Å². The topological polar surface area (TPSA) is 32.5 Å². The molecular weight excluding hydrogens is 210 g/mol. The van der Waals surface area contributed by atoms with Crippen molar-refractivity contribution < 1.29 is 0 Å². The van der Waals surface area contributed by atoms with E-state index in [0.717, 1.165) is 12.1 Å². The first-order chi connectivity index (χ1) is 8.08. The first-order valence-electron chi connectivity index (χ1n) is 7.29. The molecule has 2 N–H and O–H groups in total. The van der Waals surface area contributed by atoms with Crippen molar-refractivity contribution in [2.45, 2.75) is 70.1 Å². The lowest BCUT2D eigenvalue weighted by Gasteiger charge is -2.38. The third-order valence-electron chi connectivity index (χ3n) is 4.73. The summed E-state index contributed by atoms with van der Waals surface area (Å²) in [6.07, 6.45) is 6.54. The lowest BCUT2D eigenvalue weighted by Crippen LogP contribution is -2.48. The van der Waals surface area contributed by atoms with E-state index in [1.54, 1.807) is 0 Å². The molecular formula is C14H29N3. The van der Waals surface area contributed by atoms with Gasteiger partial charge in [-0.05, 0) is 66.1 Å². The highest BCUT2D eigenvalue weighted by Gasteiger charge is 2.38. The molecule has 2 atom stereocenters. The zero-order valence-corrected chi connectivity index (χ0v) is 11.7. The van der Waals surface area contributed by atoms with Crippen molar-refractivity contribution in [2.75, 3.05) is 20.1 Å². The Hall–Kier alpha value is -0.120. The minimum atomic E-state index is 0.474. The molecule has 2 rings (SSSR count). The van der Waals surface area contributed by atoms with Crippen molar-refractivity contribution in [3.05, 3.63) is 0 Å². The minimum Gasteiger partial charge on any atom is -0.328 e. The highest BCUT2D eigenvalue weighted by Crippen LogP contribution is 2.34. The molecule has 0 saturated carbocycles. The van der Waals surface area contributed by atoms with Gasteiger partial charge in [-0.1, -0.05) is 0 Å². The average molecular weight is 239 g/mol. The second-order valence-electron chi connectivity index (χ2n) is 6.28. The van der Waals surface area contributed by atoms with Crippen molar-refractivity contribution in [2.24, 2.45) is 5.73 Å². The van der Waals surface area contributed by atoms with Gasteiger partial charge in [0.2, 0.25) is 0 Å². The van der Waals surface area contributed by atoms with Crippen LogP contribution in [-0.2, 0) is 0 Å². The summed E-state index contributed by atoms with van der Waals surface area (Å²) in [5.41, 5.74) is 6.10. The standard InChI is InChI=1S/C14H29N3/c1-11(2)16(3)7-4-8-17-13-5-6-14(17)10-12(15)9-13/h11-14H,4-10,15H2,1-3H3. The number of rotatable bonds is 5. The molecule has 0 radical (unpaired) electrons. The van der Waals surface area contributed by atoms with Crippen LogP contribution >= 0.6 is 0 Å². The van der Waals surface area contributed by atoms with Crippen LogP contribution in [0.5, 0.6) is 0 Å². The second-order valence-corrected chi connectivity index (χ2v) is 6.28. The predicted octanol–water partition coefficient (Wildman–Crippen LogP) is 1.67. The maximum Gasteiger partial charge on any atom is 0.0113 e. The van der Waals surface area contributed by atoms with Gasteiger partial charge in [0.25, 0.3) is 0 Å². The van der Waals surface area contributed by atoms with Crippen molar-refractivity contribution in [1.82, 2.24) is 9.80 Å². The van der Waals surface area contributed by atoms with Gasteiger partial charge in [0.05, 0.1) is 0 Å². The Morgan fingerprint density at radius 1 is 1.24 bits per heavy atom. The van der Waals surface area contributed by atoms with Crippen LogP contribution in [0.2, 0.25) is 0 Å². The summed E-state index contributed by atoms with van der Waals surface area (Å²) in [4.78, 5) is 5.19. The fourth-order valence-electron chi connectivity index (χ4n) is 3.44. The summed E-state index contributed by atoms with van der Waals surface area (Å²) in [7, 11) is 2.23. The molecule has 2 unspecified atom stereocenters. The third kappa shape index (κ3) is 3.21. The van der Waals surface area contributed by atoms with Gasteiger partial charge in [0, 0.05) is 24.2 Å². The van der Waals surface area contributed by atoms with E-state index >= 15 is 0 Å². The molecule has 0 spiro atoms. The molecule has 3 heteroatoms. The van der Waals surface area contributed by atoms with Gasteiger partial charge >= 0.3 is 0 Å². The molecule has 2 bridgehead atoms. The van der Waals surface area contributed by atoms with Crippen LogP contribution in [0, 0.1) is 0 Å². The van der Waals surface area contributed by atoms with Crippen molar-refractivity contribution in [1.29, 1.82) is 0 Å². The Labute approximate surface area is 106 Å². The minimum absolute atomic E-state index is 0.474. The van der Waals surface area contributed by atoms with E-state index < -0.39 is 0 Å². The zero-order valence-electron chi connectivity index (χ0n) is 11.7. The largest absolute Gasteiger partial charge is 0.328 e. The molecule has 0 aromatic rings. The normalized spacial score (nSPS) is 33.9. The van der Waals surface area contributed by atoms with Crippen LogP contribution in [0.3, 0.4) is 0 Å². The molecule has 2 saturated heterocycles. The fourth-order valence-corrected chi connectivity index (χ4v) is 3.44. The van der Waals surface area contributed by atoms with Crippen LogP contribution in [0.4, 0.5) is 0 Å². The van der Waals surface area contributed by atoms with Crippen LogP contribution in [-0.4, -0.2) is 54.1 Å². The quantitative estimate of drug-likeness (QED) is 0.792. The summed E-state index contributed by atoms with van der Waals surface area (Å²) in [5.74, 6) is 0. The summed E-state index contributed by atoms with van der Waals surface area (Å²) >= 11 is 0. The monoisotopic (exact) mass is 239 g/mol. The van der Waals surface area contributed by atoms with E-state index in [0.29, 0.717) is 12.1 Å². The number of hydrogen-bond donors (Lipinski definition) is 1. The van der Waals surface area contributed by atoms with Crippen LogP contribution in [0.1, 0.15) is 46.0 Å². The highest BCUT2D eigenvalue weighted by molar-refractivity contribution is 4.96. The summed E-state index contributed by atoms with van der Waals surface area (Å²) in [5, 5.41) is 0. The molecule has 100 valence electrons.